The first-order valence-corrected chi connectivity index (χ1v) is 5.77. The van der Waals surface area contributed by atoms with E-state index < -0.39 is 0 Å². The smallest absolute Gasteiger partial charge is 0.190 e. The molecule has 0 spiro atoms. The van der Waals surface area contributed by atoms with Crippen molar-refractivity contribution in [2.45, 2.75) is 20.0 Å². The molecule has 4 heteroatoms. The lowest BCUT2D eigenvalue weighted by Gasteiger charge is -2.07. The zero-order valence-corrected chi connectivity index (χ0v) is 10.9. The molecule has 1 aromatic rings. The zero-order chi connectivity index (χ0) is 11.4. The van der Waals surface area contributed by atoms with Crippen molar-refractivity contribution in [3.8, 4) is 0 Å². The van der Waals surface area contributed by atoms with Gasteiger partial charge in [-0.1, -0.05) is 27.5 Å². The number of rotatable bonds is 4. The molecule has 0 saturated heterocycles. The van der Waals surface area contributed by atoms with Crippen molar-refractivity contribution in [2.24, 2.45) is 0 Å². The lowest BCUT2D eigenvalue weighted by atomic mass is 10.1. The highest BCUT2D eigenvalue weighted by Gasteiger charge is 2.11. The average molecular weight is 292 g/mol. The highest BCUT2D eigenvalue weighted by atomic mass is 79.9. The monoisotopic (exact) mass is 290 g/mol. The van der Waals surface area contributed by atoms with Gasteiger partial charge in [0, 0.05) is 10.0 Å². The Morgan fingerprint density at radius 3 is 2.80 bits per heavy atom. The van der Waals surface area contributed by atoms with E-state index in [4.69, 9.17) is 16.3 Å². The van der Waals surface area contributed by atoms with Crippen LogP contribution < -0.4 is 0 Å². The second-order valence-electron chi connectivity index (χ2n) is 3.41. The number of carbonyl (C=O) groups excluding carboxylic acids is 1. The van der Waals surface area contributed by atoms with Gasteiger partial charge >= 0.3 is 0 Å². The number of hydrogen-bond donors (Lipinski definition) is 0. The number of benzene rings is 1. The Balaban J connectivity index is 2.77. The first kappa shape index (κ1) is 12.7. The quantitative estimate of drug-likeness (QED) is 0.791. The van der Waals surface area contributed by atoms with E-state index in [1.807, 2.05) is 13.8 Å². The van der Waals surface area contributed by atoms with E-state index in [0.717, 1.165) is 4.47 Å². The van der Waals surface area contributed by atoms with E-state index >= 15 is 0 Å². The topological polar surface area (TPSA) is 26.3 Å². The first-order chi connectivity index (χ1) is 7.00. The summed E-state index contributed by atoms with van der Waals surface area (Å²) in [6.45, 7) is 3.83. The molecular formula is C11H12BrClO2. The maximum absolute atomic E-state index is 11.7. The second kappa shape index (κ2) is 5.64. The molecule has 0 aliphatic carbocycles. The molecular weight excluding hydrogens is 279 g/mol. The third kappa shape index (κ3) is 3.93. The Morgan fingerprint density at radius 1 is 1.53 bits per heavy atom. The second-order valence-corrected chi connectivity index (χ2v) is 4.73. The fourth-order valence-corrected chi connectivity index (χ4v) is 1.62. The highest BCUT2D eigenvalue weighted by molar-refractivity contribution is 9.10. The summed E-state index contributed by atoms with van der Waals surface area (Å²) in [5.74, 6) is -0.102. The van der Waals surface area contributed by atoms with E-state index in [-0.39, 0.29) is 18.5 Å². The lowest BCUT2D eigenvalue weighted by molar-refractivity contribution is 0.0585. The van der Waals surface area contributed by atoms with Crippen LogP contribution in [0, 0.1) is 0 Å². The maximum Gasteiger partial charge on any atom is 0.190 e. The molecule has 0 saturated carbocycles. The fraction of sp³-hybridized carbons (Fsp3) is 0.364. The standard InChI is InChI=1S/C11H12BrClO2/c1-7(2)15-6-11(14)9-5-8(12)3-4-10(9)13/h3-5,7H,6H2,1-2H3. The molecule has 1 rings (SSSR count). The molecule has 0 amide bonds. The van der Waals surface area contributed by atoms with Gasteiger partial charge in [0.05, 0.1) is 11.1 Å². The average Bonchev–Trinajstić information content (AvgIpc) is 2.18. The van der Waals surface area contributed by atoms with Crippen LogP contribution in [0.1, 0.15) is 24.2 Å². The van der Waals surface area contributed by atoms with Crippen LogP contribution in [0.2, 0.25) is 5.02 Å². The highest BCUT2D eigenvalue weighted by Crippen LogP contribution is 2.21. The minimum Gasteiger partial charge on any atom is -0.371 e. The summed E-state index contributed by atoms with van der Waals surface area (Å²) in [5, 5.41) is 0.454. The predicted molar refractivity (Wildman–Crippen MR) is 64.6 cm³/mol. The van der Waals surface area contributed by atoms with Crippen LogP contribution in [0.5, 0.6) is 0 Å². The largest absolute Gasteiger partial charge is 0.371 e. The summed E-state index contributed by atoms with van der Waals surface area (Å²) >= 11 is 9.20. The number of hydrogen-bond acceptors (Lipinski definition) is 2. The Hall–Kier alpha value is -0.380. The van der Waals surface area contributed by atoms with Crippen LogP contribution in [-0.4, -0.2) is 18.5 Å². The Morgan fingerprint density at radius 2 is 2.20 bits per heavy atom. The molecule has 0 aliphatic rings. The van der Waals surface area contributed by atoms with Crippen LogP contribution in [0.3, 0.4) is 0 Å². The van der Waals surface area contributed by atoms with Crippen molar-refractivity contribution in [1.29, 1.82) is 0 Å². The Labute approximate surface area is 103 Å². The van der Waals surface area contributed by atoms with Gasteiger partial charge < -0.3 is 4.74 Å². The summed E-state index contributed by atoms with van der Waals surface area (Å²) < 4.78 is 6.06. The predicted octanol–water partition coefficient (Wildman–Crippen LogP) is 3.71. The van der Waals surface area contributed by atoms with Crippen molar-refractivity contribution in [1.82, 2.24) is 0 Å². The molecule has 0 bridgehead atoms. The molecule has 0 radical (unpaired) electrons. The summed E-state index contributed by atoms with van der Waals surface area (Å²) in [6.07, 6.45) is 0.0416. The molecule has 0 unspecified atom stereocenters. The lowest BCUT2D eigenvalue weighted by Crippen LogP contribution is -2.13. The van der Waals surface area contributed by atoms with Gasteiger partial charge in [-0.05, 0) is 32.0 Å². The molecule has 0 heterocycles. The molecule has 15 heavy (non-hydrogen) atoms. The Bertz CT molecular complexity index is 364. The normalized spacial score (nSPS) is 10.7. The molecule has 0 atom stereocenters. The molecule has 0 fully saturated rings. The van der Waals surface area contributed by atoms with E-state index in [2.05, 4.69) is 15.9 Å². The van der Waals surface area contributed by atoms with Gasteiger partial charge in [-0.3, -0.25) is 4.79 Å². The SMILES string of the molecule is CC(C)OCC(=O)c1cc(Br)ccc1Cl. The number of ether oxygens (including phenoxy) is 1. The molecule has 0 N–H and O–H groups in total. The third-order valence-corrected chi connectivity index (χ3v) is 2.60. The summed E-state index contributed by atoms with van der Waals surface area (Å²) in [6, 6.07) is 5.19. The number of ketones is 1. The van der Waals surface area contributed by atoms with Gasteiger partial charge in [-0.15, -0.1) is 0 Å². The maximum atomic E-state index is 11.7. The zero-order valence-electron chi connectivity index (χ0n) is 8.59. The first-order valence-electron chi connectivity index (χ1n) is 4.60. The van der Waals surface area contributed by atoms with Crippen molar-refractivity contribution in [3.63, 3.8) is 0 Å². The van der Waals surface area contributed by atoms with Gasteiger partial charge in [-0.25, -0.2) is 0 Å². The van der Waals surface area contributed by atoms with Crippen LogP contribution in [0.15, 0.2) is 22.7 Å². The fourth-order valence-electron chi connectivity index (χ4n) is 1.03. The summed E-state index contributed by atoms with van der Waals surface area (Å²) in [7, 11) is 0. The van der Waals surface area contributed by atoms with Gasteiger partial charge in [0.15, 0.2) is 5.78 Å². The van der Waals surface area contributed by atoms with Crippen LogP contribution in [0.4, 0.5) is 0 Å². The van der Waals surface area contributed by atoms with Crippen molar-refractivity contribution in [2.75, 3.05) is 6.61 Å². The summed E-state index contributed by atoms with van der Waals surface area (Å²) in [5.41, 5.74) is 0.492. The number of halogens is 2. The third-order valence-electron chi connectivity index (χ3n) is 1.78. The van der Waals surface area contributed by atoms with Crippen molar-refractivity contribution >= 4 is 33.3 Å². The van der Waals surface area contributed by atoms with Crippen molar-refractivity contribution < 1.29 is 9.53 Å². The molecule has 2 nitrogen and oxygen atoms in total. The minimum atomic E-state index is -0.102. The van der Waals surface area contributed by atoms with E-state index in [1.54, 1.807) is 18.2 Å². The minimum absolute atomic E-state index is 0.0416. The molecule has 0 aromatic heterocycles. The van der Waals surface area contributed by atoms with Gasteiger partial charge in [0.25, 0.3) is 0 Å². The van der Waals surface area contributed by atoms with Crippen LogP contribution in [-0.2, 0) is 4.74 Å². The van der Waals surface area contributed by atoms with Crippen LogP contribution >= 0.6 is 27.5 Å². The molecule has 1 aromatic carbocycles. The van der Waals surface area contributed by atoms with E-state index in [9.17, 15) is 4.79 Å². The van der Waals surface area contributed by atoms with Gasteiger partial charge in [-0.2, -0.15) is 0 Å². The number of carbonyl (C=O) groups is 1. The number of Topliss-reactive ketones (excluding diaryl/α,β-unsaturated/α-hetero) is 1. The molecule has 82 valence electrons. The molecule has 0 aliphatic heterocycles. The van der Waals surface area contributed by atoms with Gasteiger partial charge in [0.2, 0.25) is 0 Å². The summed E-state index contributed by atoms with van der Waals surface area (Å²) in [4.78, 5) is 11.7. The van der Waals surface area contributed by atoms with E-state index in [0.29, 0.717) is 10.6 Å². The van der Waals surface area contributed by atoms with Crippen LogP contribution in [0.25, 0.3) is 0 Å². The van der Waals surface area contributed by atoms with Crippen molar-refractivity contribution in [3.05, 3.63) is 33.3 Å². The van der Waals surface area contributed by atoms with Gasteiger partial charge in [0.1, 0.15) is 6.61 Å². The Kier molecular flexibility index (Phi) is 4.77. The van der Waals surface area contributed by atoms with E-state index in [1.165, 1.54) is 0 Å².